The van der Waals surface area contributed by atoms with Crippen LogP contribution in [0.2, 0.25) is 0 Å². The molecule has 0 unspecified atom stereocenters. The number of aromatic amines is 1. The first-order valence-corrected chi connectivity index (χ1v) is 9.35. The molecule has 0 atom stereocenters. The Morgan fingerprint density at radius 1 is 1.00 bits per heavy atom. The lowest BCUT2D eigenvalue weighted by Gasteiger charge is -2.33. The third-order valence-corrected chi connectivity index (χ3v) is 4.65. The van der Waals surface area contributed by atoms with Crippen LogP contribution >= 0.6 is 0 Å². The second-order valence-electron chi connectivity index (χ2n) is 6.93. The van der Waals surface area contributed by atoms with Crippen LogP contribution in [-0.4, -0.2) is 63.3 Å². The van der Waals surface area contributed by atoms with E-state index in [0.29, 0.717) is 5.82 Å². The number of pyridine rings is 1. The lowest BCUT2D eigenvalue weighted by Crippen LogP contribution is -2.44. The minimum absolute atomic E-state index is 0.656. The molecule has 0 radical (unpaired) electrons. The van der Waals surface area contributed by atoms with Gasteiger partial charge >= 0.3 is 0 Å². The fourth-order valence-corrected chi connectivity index (χ4v) is 3.05. The molecule has 3 aromatic heterocycles. The topological polar surface area (TPSA) is 85.9 Å². The highest BCUT2D eigenvalue weighted by Crippen LogP contribution is 2.21. The molecule has 1 aliphatic heterocycles. The summed E-state index contributed by atoms with van der Waals surface area (Å²) in [4.78, 5) is 18.1. The Hall–Kier alpha value is -3.26. The van der Waals surface area contributed by atoms with Crippen molar-refractivity contribution in [3.63, 3.8) is 0 Å². The normalized spacial score (nSPS) is 15.3. The van der Waals surface area contributed by atoms with Crippen molar-refractivity contribution in [1.29, 1.82) is 0 Å². The van der Waals surface area contributed by atoms with Crippen molar-refractivity contribution in [1.82, 2.24) is 30.0 Å². The molecule has 1 saturated heterocycles. The van der Waals surface area contributed by atoms with Crippen LogP contribution in [-0.2, 0) is 0 Å². The molecule has 1 aliphatic rings. The maximum absolute atomic E-state index is 4.77. The van der Waals surface area contributed by atoms with E-state index in [2.05, 4.69) is 42.3 Å². The number of anilines is 3. The molecule has 2 N–H and O–H groups in total. The van der Waals surface area contributed by atoms with Crippen molar-refractivity contribution in [2.24, 2.45) is 0 Å². The van der Waals surface area contributed by atoms with Gasteiger partial charge in [-0.2, -0.15) is 5.10 Å². The van der Waals surface area contributed by atoms with Gasteiger partial charge in [0.25, 0.3) is 0 Å². The number of nitrogens with one attached hydrogen (secondary N) is 2. The number of H-pyrrole nitrogens is 1. The average Bonchev–Trinajstić information content (AvgIpc) is 3.12. The molecular weight excluding hydrogens is 352 g/mol. The van der Waals surface area contributed by atoms with Crippen LogP contribution in [0.3, 0.4) is 0 Å². The van der Waals surface area contributed by atoms with Crippen LogP contribution in [0.25, 0.3) is 12.2 Å². The van der Waals surface area contributed by atoms with Gasteiger partial charge in [-0.1, -0.05) is 6.08 Å². The van der Waals surface area contributed by atoms with Crippen molar-refractivity contribution < 1.29 is 0 Å². The van der Waals surface area contributed by atoms with Gasteiger partial charge in [0.1, 0.15) is 11.6 Å². The Bertz CT molecular complexity index is 942. The molecule has 28 heavy (non-hydrogen) atoms. The zero-order valence-corrected chi connectivity index (χ0v) is 16.1. The number of nitrogens with zero attached hydrogens (tertiary/aromatic N) is 6. The first-order valence-electron chi connectivity index (χ1n) is 9.35. The second-order valence-corrected chi connectivity index (χ2v) is 6.93. The van der Waals surface area contributed by atoms with Crippen LogP contribution < -0.4 is 10.2 Å². The van der Waals surface area contributed by atoms with Crippen molar-refractivity contribution in [2.45, 2.75) is 6.92 Å². The van der Waals surface area contributed by atoms with E-state index in [9.17, 15) is 0 Å². The van der Waals surface area contributed by atoms with E-state index in [1.54, 1.807) is 12.4 Å². The third kappa shape index (κ3) is 4.52. The standard InChI is InChI=1S/C20H24N8/c1-15-13-19(26-25-15)23-18-14-20(28-11-9-27(2)10-12-28)24-17(22-18)4-3-16-5-7-21-8-6-16/h3-8,13-14H,9-12H2,1-2H3,(H2,22,23,24,25,26)/b4-3+. The van der Waals surface area contributed by atoms with Crippen molar-refractivity contribution >= 4 is 29.6 Å². The molecule has 0 saturated carbocycles. The van der Waals surface area contributed by atoms with Crippen molar-refractivity contribution in [3.8, 4) is 0 Å². The summed E-state index contributed by atoms with van der Waals surface area (Å²) in [6.45, 7) is 5.90. The monoisotopic (exact) mass is 376 g/mol. The number of hydrogen-bond donors (Lipinski definition) is 2. The number of likely N-dealkylation sites (N-methyl/N-ethyl adjacent to an activating group) is 1. The predicted octanol–water partition coefficient (Wildman–Crippen LogP) is 2.57. The molecule has 0 bridgehead atoms. The molecule has 0 spiro atoms. The number of aromatic nitrogens is 5. The molecule has 0 aromatic carbocycles. The van der Waals surface area contributed by atoms with Gasteiger partial charge in [-0.25, -0.2) is 9.97 Å². The largest absolute Gasteiger partial charge is 0.354 e. The van der Waals surface area contributed by atoms with E-state index in [1.807, 2.05) is 43.3 Å². The molecule has 144 valence electrons. The first-order chi connectivity index (χ1) is 13.7. The number of hydrogen-bond acceptors (Lipinski definition) is 7. The van der Waals surface area contributed by atoms with Gasteiger partial charge in [-0.05, 0) is 37.7 Å². The number of rotatable bonds is 5. The summed E-state index contributed by atoms with van der Waals surface area (Å²) in [5.74, 6) is 3.05. The Morgan fingerprint density at radius 3 is 2.50 bits per heavy atom. The van der Waals surface area contributed by atoms with Crippen LogP contribution in [0.15, 0.2) is 36.7 Å². The molecule has 8 heteroatoms. The molecule has 0 aliphatic carbocycles. The fraction of sp³-hybridized carbons (Fsp3) is 0.300. The maximum Gasteiger partial charge on any atom is 0.156 e. The maximum atomic E-state index is 4.77. The molecule has 4 heterocycles. The summed E-state index contributed by atoms with van der Waals surface area (Å²) in [6.07, 6.45) is 7.46. The van der Waals surface area contributed by atoms with Crippen LogP contribution in [0, 0.1) is 6.92 Å². The summed E-state index contributed by atoms with van der Waals surface area (Å²) in [5, 5.41) is 10.5. The van der Waals surface area contributed by atoms with Gasteiger partial charge in [-0.3, -0.25) is 10.1 Å². The smallest absolute Gasteiger partial charge is 0.156 e. The van der Waals surface area contributed by atoms with E-state index in [0.717, 1.165) is 54.9 Å². The van der Waals surface area contributed by atoms with Gasteiger partial charge in [0.15, 0.2) is 11.6 Å². The summed E-state index contributed by atoms with van der Waals surface area (Å²) in [6, 6.07) is 7.84. The highest BCUT2D eigenvalue weighted by Gasteiger charge is 2.17. The summed E-state index contributed by atoms with van der Waals surface area (Å²) < 4.78 is 0. The summed E-state index contributed by atoms with van der Waals surface area (Å²) in [7, 11) is 2.15. The van der Waals surface area contributed by atoms with Crippen LogP contribution in [0.5, 0.6) is 0 Å². The zero-order valence-electron chi connectivity index (χ0n) is 16.1. The number of piperazine rings is 1. The third-order valence-electron chi connectivity index (χ3n) is 4.65. The Morgan fingerprint density at radius 2 is 1.79 bits per heavy atom. The quantitative estimate of drug-likeness (QED) is 0.708. The number of aryl methyl sites for hydroxylation is 1. The Balaban J connectivity index is 1.62. The van der Waals surface area contributed by atoms with E-state index < -0.39 is 0 Å². The SMILES string of the molecule is Cc1cc(Nc2cc(N3CCN(C)CC3)nc(/C=C/c3ccncc3)n2)n[nH]1. The lowest BCUT2D eigenvalue weighted by molar-refractivity contribution is 0.312. The van der Waals surface area contributed by atoms with Crippen LogP contribution in [0.1, 0.15) is 17.1 Å². The highest BCUT2D eigenvalue weighted by atomic mass is 15.3. The summed E-state index contributed by atoms with van der Waals surface area (Å²) in [5.41, 5.74) is 2.05. The van der Waals surface area contributed by atoms with E-state index in [1.165, 1.54) is 0 Å². The molecule has 4 rings (SSSR count). The van der Waals surface area contributed by atoms with Crippen molar-refractivity contribution in [2.75, 3.05) is 43.4 Å². The van der Waals surface area contributed by atoms with E-state index in [4.69, 9.17) is 4.98 Å². The van der Waals surface area contributed by atoms with Gasteiger partial charge in [0, 0.05) is 56.4 Å². The Kier molecular flexibility index (Phi) is 5.29. The second kappa shape index (κ2) is 8.18. The Labute approximate surface area is 164 Å². The van der Waals surface area contributed by atoms with Gasteiger partial charge in [-0.15, -0.1) is 0 Å². The predicted molar refractivity (Wildman–Crippen MR) is 112 cm³/mol. The first kappa shape index (κ1) is 18.1. The van der Waals surface area contributed by atoms with Gasteiger partial charge < -0.3 is 15.1 Å². The minimum Gasteiger partial charge on any atom is -0.354 e. The highest BCUT2D eigenvalue weighted by molar-refractivity contribution is 5.68. The van der Waals surface area contributed by atoms with Crippen molar-refractivity contribution in [3.05, 3.63) is 53.7 Å². The fourth-order valence-electron chi connectivity index (χ4n) is 3.05. The lowest BCUT2D eigenvalue weighted by atomic mass is 10.2. The van der Waals surface area contributed by atoms with E-state index in [-0.39, 0.29) is 0 Å². The molecule has 1 fully saturated rings. The molecule has 8 nitrogen and oxygen atoms in total. The van der Waals surface area contributed by atoms with Crippen LogP contribution in [0.4, 0.5) is 17.5 Å². The van der Waals surface area contributed by atoms with Gasteiger partial charge in [0.05, 0.1) is 0 Å². The van der Waals surface area contributed by atoms with Gasteiger partial charge in [0.2, 0.25) is 0 Å². The molecule has 0 amide bonds. The minimum atomic E-state index is 0.656. The zero-order chi connectivity index (χ0) is 19.3. The summed E-state index contributed by atoms with van der Waals surface area (Å²) >= 11 is 0. The average molecular weight is 376 g/mol. The molecular formula is C20H24N8. The van der Waals surface area contributed by atoms with E-state index >= 15 is 0 Å². The molecule has 3 aromatic rings.